The summed E-state index contributed by atoms with van der Waals surface area (Å²) in [6.45, 7) is 7.78. The van der Waals surface area contributed by atoms with Gasteiger partial charge in [0.25, 0.3) is 5.91 Å². The smallest absolute Gasteiger partial charge is 0.257 e. The number of hydrogen-bond acceptors (Lipinski definition) is 3. The first-order chi connectivity index (χ1) is 10.0. The molecule has 2 rings (SSSR count). The molecule has 0 saturated heterocycles. The molecule has 4 heteroatoms. The second kappa shape index (κ2) is 7.46. The van der Waals surface area contributed by atoms with E-state index in [1.807, 2.05) is 12.1 Å². The van der Waals surface area contributed by atoms with E-state index in [9.17, 15) is 4.79 Å². The number of rotatable bonds is 8. The number of carbonyl (C=O) groups excluding carboxylic acids is 1. The van der Waals surface area contributed by atoms with Gasteiger partial charge >= 0.3 is 0 Å². The Morgan fingerprint density at radius 2 is 2.14 bits per heavy atom. The third-order valence-electron chi connectivity index (χ3n) is 3.44. The van der Waals surface area contributed by atoms with Crippen LogP contribution in [0.1, 0.15) is 37.8 Å². The highest BCUT2D eigenvalue weighted by Gasteiger charge is 2.20. The molecule has 1 aromatic rings. The van der Waals surface area contributed by atoms with E-state index in [-0.39, 0.29) is 12.5 Å². The summed E-state index contributed by atoms with van der Waals surface area (Å²) in [7, 11) is 0. The van der Waals surface area contributed by atoms with E-state index in [0.29, 0.717) is 18.5 Å². The van der Waals surface area contributed by atoms with E-state index in [1.54, 1.807) is 0 Å². The Labute approximate surface area is 127 Å². The van der Waals surface area contributed by atoms with Crippen LogP contribution < -0.4 is 15.4 Å². The molecule has 0 unspecified atom stereocenters. The fourth-order valence-corrected chi connectivity index (χ4v) is 2.04. The second-order valence-electron chi connectivity index (χ2n) is 6.25. The highest BCUT2D eigenvalue weighted by Crippen LogP contribution is 2.23. The van der Waals surface area contributed by atoms with Gasteiger partial charge in [-0.25, -0.2) is 0 Å². The molecule has 0 bridgehead atoms. The Hall–Kier alpha value is -1.55. The summed E-state index contributed by atoms with van der Waals surface area (Å²) in [4.78, 5) is 11.7. The van der Waals surface area contributed by atoms with E-state index in [1.165, 1.54) is 18.4 Å². The first-order valence-corrected chi connectivity index (χ1v) is 7.77. The Kier molecular flexibility index (Phi) is 5.62. The van der Waals surface area contributed by atoms with Crippen molar-refractivity contribution < 1.29 is 9.53 Å². The van der Waals surface area contributed by atoms with Crippen LogP contribution in [0.2, 0.25) is 0 Å². The van der Waals surface area contributed by atoms with E-state index in [0.717, 1.165) is 17.9 Å². The minimum Gasteiger partial charge on any atom is -0.483 e. The van der Waals surface area contributed by atoms with Gasteiger partial charge in [-0.15, -0.1) is 0 Å². The summed E-state index contributed by atoms with van der Waals surface area (Å²) < 4.78 is 5.69. The van der Waals surface area contributed by atoms with E-state index >= 15 is 0 Å². The average Bonchev–Trinajstić information content (AvgIpc) is 3.26. The van der Waals surface area contributed by atoms with Crippen LogP contribution in [0.3, 0.4) is 0 Å². The van der Waals surface area contributed by atoms with Crippen molar-refractivity contribution in [2.45, 2.75) is 46.2 Å². The van der Waals surface area contributed by atoms with E-state index in [2.05, 4.69) is 37.5 Å². The van der Waals surface area contributed by atoms with Crippen molar-refractivity contribution in [1.29, 1.82) is 0 Å². The molecule has 1 aromatic carbocycles. The van der Waals surface area contributed by atoms with Gasteiger partial charge < -0.3 is 15.4 Å². The van der Waals surface area contributed by atoms with Crippen molar-refractivity contribution in [3.8, 4) is 5.75 Å². The molecule has 0 aromatic heterocycles. The Morgan fingerprint density at radius 1 is 1.38 bits per heavy atom. The zero-order valence-corrected chi connectivity index (χ0v) is 13.2. The van der Waals surface area contributed by atoms with Crippen LogP contribution in [0.25, 0.3) is 0 Å². The number of nitrogens with one attached hydrogen (secondary N) is 2. The topological polar surface area (TPSA) is 50.4 Å². The first kappa shape index (κ1) is 15.8. The minimum absolute atomic E-state index is 0.0645. The molecule has 0 radical (unpaired) electrons. The van der Waals surface area contributed by atoms with Crippen molar-refractivity contribution in [2.24, 2.45) is 5.92 Å². The number of benzene rings is 1. The molecule has 1 aliphatic carbocycles. The molecule has 21 heavy (non-hydrogen) atoms. The third kappa shape index (κ3) is 5.76. The molecule has 1 saturated carbocycles. The normalized spacial score (nSPS) is 14.3. The molecule has 1 fully saturated rings. The average molecular weight is 290 g/mol. The lowest BCUT2D eigenvalue weighted by Crippen LogP contribution is -2.32. The van der Waals surface area contributed by atoms with Crippen LogP contribution in [-0.2, 0) is 11.3 Å². The van der Waals surface area contributed by atoms with Crippen LogP contribution >= 0.6 is 0 Å². The maximum Gasteiger partial charge on any atom is 0.257 e. The molecule has 0 spiro atoms. The van der Waals surface area contributed by atoms with E-state index in [4.69, 9.17) is 4.74 Å². The van der Waals surface area contributed by atoms with Gasteiger partial charge in [-0.3, -0.25) is 4.79 Å². The quantitative estimate of drug-likeness (QED) is 0.773. The molecular weight excluding hydrogens is 264 g/mol. The van der Waals surface area contributed by atoms with Gasteiger partial charge in [-0.05, 0) is 31.7 Å². The van der Waals surface area contributed by atoms with Crippen molar-refractivity contribution in [1.82, 2.24) is 10.6 Å². The summed E-state index contributed by atoms with van der Waals surface area (Å²) in [6.07, 6.45) is 2.53. The van der Waals surface area contributed by atoms with Gasteiger partial charge in [0.05, 0.1) is 0 Å². The van der Waals surface area contributed by atoms with Crippen LogP contribution in [0.15, 0.2) is 18.2 Å². The maximum absolute atomic E-state index is 11.7. The number of aryl methyl sites for hydroxylation is 1. The Morgan fingerprint density at radius 3 is 2.81 bits per heavy atom. The molecule has 1 amide bonds. The minimum atomic E-state index is -0.0645. The summed E-state index contributed by atoms with van der Waals surface area (Å²) in [5.74, 6) is 1.19. The van der Waals surface area contributed by atoms with Gasteiger partial charge in [0, 0.05) is 24.7 Å². The molecule has 0 aliphatic heterocycles. The van der Waals surface area contributed by atoms with Gasteiger partial charge in [0.2, 0.25) is 0 Å². The summed E-state index contributed by atoms with van der Waals surface area (Å²) in [6, 6.07) is 6.75. The first-order valence-electron chi connectivity index (χ1n) is 7.77. The van der Waals surface area contributed by atoms with E-state index < -0.39 is 0 Å². The summed E-state index contributed by atoms with van der Waals surface area (Å²) in [5.41, 5.74) is 2.33. The molecule has 0 heterocycles. The lowest BCUT2D eigenvalue weighted by atomic mass is 10.1. The molecule has 2 N–H and O–H groups in total. The fraction of sp³-hybridized carbons (Fsp3) is 0.588. The van der Waals surface area contributed by atoms with Crippen LogP contribution in [0.4, 0.5) is 0 Å². The molecule has 4 nitrogen and oxygen atoms in total. The Bertz CT molecular complexity index is 482. The largest absolute Gasteiger partial charge is 0.483 e. The number of carbonyl (C=O) groups is 1. The van der Waals surface area contributed by atoms with Crippen molar-refractivity contribution in [3.63, 3.8) is 0 Å². The molecule has 1 aliphatic rings. The number of ether oxygens (including phenoxy) is 1. The lowest BCUT2D eigenvalue weighted by molar-refractivity contribution is -0.123. The Balaban J connectivity index is 1.87. The zero-order valence-electron chi connectivity index (χ0n) is 13.2. The van der Waals surface area contributed by atoms with Crippen LogP contribution in [0.5, 0.6) is 5.75 Å². The fourth-order valence-electron chi connectivity index (χ4n) is 2.04. The van der Waals surface area contributed by atoms with Crippen molar-refractivity contribution in [2.75, 3.05) is 13.2 Å². The van der Waals surface area contributed by atoms with Crippen molar-refractivity contribution in [3.05, 3.63) is 29.3 Å². The molecule has 116 valence electrons. The predicted molar refractivity (Wildman–Crippen MR) is 84.4 cm³/mol. The van der Waals surface area contributed by atoms with Crippen LogP contribution in [-0.4, -0.2) is 25.1 Å². The number of amides is 1. The summed E-state index contributed by atoms with van der Waals surface area (Å²) in [5, 5.41) is 6.35. The zero-order chi connectivity index (χ0) is 15.2. The predicted octanol–water partition coefficient (Wildman–Crippen LogP) is 2.40. The van der Waals surface area contributed by atoms with Gasteiger partial charge in [-0.1, -0.05) is 31.5 Å². The van der Waals surface area contributed by atoms with Crippen molar-refractivity contribution >= 4 is 5.91 Å². The molecule has 0 atom stereocenters. The highest BCUT2D eigenvalue weighted by atomic mass is 16.5. The third-order valence-corrected chi connectivity index (χ3v) is 3.44. The standard InChI is InChI=1S/C17H26N2O2/c1-12(2)9-19-17(20)11-21-16-7-4-13(3)8-14(16)10-18-15-5-6-15/h4,7-8,12,15,18H,5-6,9-11H2,1-3H3,(H,19,20). The highest BCUT2D eigenvalue weighted by molar-refractivity contribution is 5.77. The lowest BCUT2D eigenvalue weighted by Gasteiger charge is -2.13. The second-order valence-corrected chi connectivity index (χ2v) is 6.25. The van der Waals surface area contributed by atoms with Gasteiger partial charge in [-0.2, -0.15) is 0 Å². The van der Waals surface area contributed by atoms with Gasteiger partial charge in [0.1, 0.15) is 5.75 Å². The SMILES string of the molecule is Cc1ccc(OCC(=O)NCC(C)C)c(CNC2CC2)c1. The van der Waals surface area contributed by atoms with Crippen LogP contribution in [0, 0.1) is 12.8 Å². The van der Waals surface area contributed by atoms with Gasteiger partial charge in [0.15, 0.2) is 6.61 Å². The maximum atomic E-state index is 11.7. The number of hydrogen-bond donors (Lipinski definition) is 2. The summed E-state index contributed by atoms with van der Waals surface area (Å²) >= 11 is 0. The molecular formula is C17H26N2O2. The monoisotopic (exact) mass is 290 g/mol.